The van der Waals surface area contributed by atoms with Gasteiger partial charge in [0.05, 0.1) is 30.0 Å². The molecule has 156 valence electrons. The van der Waals surface area contributed by atoms with Crippen LogP contribution in [0.15, 0.2) is 18.6 Å². The van der Waals surface area contributed by atoms with E-state index >= 15 is 0 Å². The molecule has 7 nitrogen and oxygen atoms in total. The molecule has 2 heterocycles. The third kappa shape index (κ3) is 3.29. The molecule has 2 N–H and O–H groups in total. The molecule has 0 bridgehead atoms. The average Bonchev–Trinajstić information content (AvgIpc) is 3.37. The Kier molecular flexibility index (Phi) is 4.64. The molecule has 29 heavy (non-hydrogen) atoms. The minimum absolute atomic E-state index is 0.0902. The van der Waals surface area contributed by atoms with E-state index < -0.39 is 30.1 Å². The van der Waals surface area contributed by atoms with Gasteiger partial charge in [-0.25, -0.2) is 9.67 Å². The maximum atomic E-state index is 13.4. The number of fused-ring (bicyclic) bond motifs is 3. The summed E-state index contributed by atoms with van der Waals surface area (Å²) in [7, 11) is 0. The van der Waals surface area contributed by atoms with Crippen LogP contribution in [0.3, 0.4) is 0 Å². The van der Waals surface area contributed by atoms with Crippen molar-refractivity contribution in [2.45, 2.75) is 51.2 Å². The van der Waals surface area contributed by atoms with Gasteiger partial charge in [0.1, 0.15) is 0 Å². The van der Waals surface area contributed by atoms with Crippen LogP contribution in [0, 0.1) is 11.3 Å². The van der Waals surface area contributed by atoms with Crippen molar-refractivity contribution in [3.8, 4) is 5.82 Å². The molecule has 0 aliphatic heterocycles. The van der Waals surface area contributed by atoms with Crippen molar-refractivity contribution in [2.24, 2.45) is 11.3 Å². The highest BCUT2D eigenvalue weighted by atomic mass is 19.4. The fraction of sp³-hybridized carbons (Fsp3) is 0.579. The number of aliphatic hydroxyl groups is 1. The number of hydrogen-bond donors (Lipinski definition) is 2. The molecule has 2 aromatic heterocycles. The fourth-order valence-electron chi connectivity index (χ4n) is 3.96. The molecule has 1 saturated carbocycles. The Morgan fingerprint density at radius 2 is 2.14 bits per heavy atom. The number of carbonyl (C=O) groups is 1. The van der Waals surface area contributed by atoms with Crippen molar-refractivity contribution >= 4 is 5.91 Å². The number of rotatable bonds is 5. The summed E-state index contributed by atoms with van der Waals surface area (Å²) in [6.45, 7) is 1.07. The van der Waals surface area contributed by atoms with E-state index in [2.05, 4.69) is 20.4 Å². The fourth-order valence-corrected chi connectivity index (χ4v) is 3.96. The predicted octanol–water partition coefficient (Wildman–Crippen LogP) is 2.39. The van der Waals surface area contributed by atoms with Crippen molar-refractivity contribution in [1.29, 1.82) is 0 Å². The predicted molar refractivity (Wildman–Crippen MR) is 96.5 cm³/mol. The van der Waals surface area contributed by atoms with Crippen molar-refractivity contribution in [3.05, 3.63) is 35.5 Å². The largest absolute Gasteiger partial charge is 0.396 e. The first kappa shape index (κ1) is 19.8. The summed E-state index contributed by atoms with van der Waals surface area (Å²) in [5, 5.41) is 16.3. The Labute approximate surface area is 165 Å². The SMILES string of the molecule is CC(C)([C@@H](CO)NC(=O)c1nn(-c2cnccn2)c2c1CC[C@@H]1C[C@H]21)C(F)(F)F. The summed E-state index contributed by atoms with van der Waals surface area (Å²) in [6.07, 6.45) is 2.54. The van der Waals surface area contributed by atoms with Crippen molar-refractivity contribution in [2.75, 3.05) is 6.61 Å². The van der Waals surface area contributed by atoms with E-state index in [0.717, 1.165) is 37.9 Å². The third-order valence-corrected chi connectivity index (χ3v) is 6.13. The van der Waals surface area contributed by atoms with Crippen LogP contribution < -0.4 is 5.32 Å². The minimum atomic E-state index is -4.59. The number of carbonyl (C=O) groups excluding carboxylic acids is 1. The van der Waals surface area contributed by atoms with Crippen molar-refractivity contribution < 1.29 is 23.1 Å². The lowest BCUT2D eigenvalue weighted by molar-refractivity contribution is -0.223. The molecule has 4 rings (SSSR count). The van der Waals surface area contributed by atoms with Gasteiger partial charge in [-0.1, -0.05) is 0 Å². The van der Waals surface area contributed by atoms with Crippen LogP contribution in [0.1, 0.15) is 54.4 Å². The molecular weight excluding hydrogens is 387 g/mol. The van der Waals surface area contributed by atoms with Crippen LogP contribution >= 0.6 is 0 Å². The zero-order valence-electron chi connectivity index (χ0n) is 16.1. The number of hydrogen-bond acceptors (Lipinski definition) is 5. The van der Waals surface area contributed by atoms with Gasteiger partial charge in [0.2, 0.25) is 0 Å². The lowest BCUT2D eigenvalue weighted by atomic mass is 9.83. The van der Waals surface area contributed by atoms with E-state index in [1.54, 1.807) is 4.68 Å². The number of amides is 1. The lowest BCUT2D eigenvalue weighted by Gasteiger charge is -2.35. The van der Waals surface area contributed by atoms with Crippen LogP contribution in [0.4, 0.5) is 13.2 Å². The Hall–Kier alpha value is -2.49. The smallest absolute Gasteiger partial charge is 0.394 e. The van der Waals surface area contributed by atoms with Crippen LogP contribution in [0.2, 0.25) is 0 Å². The number of aliphatic hydroxyl groups excluding tert-OH is 1. The number of aromatic nitrogens is 4. The monoisotopic (exact) mass is 409 g/mol. The zero-order valence-corrected chi connectivity index (χ0v) is 16.1. The molecule has 1 amide bonds. The summed E-state index contributed by atoms with van der Waals surface area (Å²) in [5.74, 6) is 0.555. The van der Waals surface area contributed by atoms with Crippen LogP contribution in [-0.4, -0.2) is 49.6 Å². The molecule has 0 radical (unpaired) electrons. The van der Waals surface area contributed by atoms with E-state index in [4.69, 9.17) is 0 Å². The highest BCUT2D eigenvalue weighted by Gasteiger charge is 2.53. The number of alkyl halides is 3. The van der Waals surface area contributed by atoms with Gasteiger partial charge in [-0.2, -0.15) is 18.3 Å². The minimum Gasteiger partial charge on any atom is -0.394 e. The lowest BCUT2D eigenvalue weighted by Crippen LogP contribution is -2.54. The Bertz CT molecular complexity index is 926. The molecule has 3 atom stereocenters. The van der Waals surface area contributed by atoms with E-state index in [0.29, 0.717) is 18.2 Å². The summed E-state index contributed by atoms with van der Waals surface area (Å²) < 4.78 is 41.7. The average molecular weight is 409 g/mol. The van der Waals surface area contributed by atoms with Gasteiger partial charge in [0.25, 0.3) is 5.91 Å². The first-order valence-electron chi connectivity index (χ1n) is 9.51. The second kappa shape index (κ2) is 6.79. The molecule has 0 saturated heterocycles. The van der Waals surface area contributed by atoms with Crippen molar-refractivity contribution in [1.82, 2.24) is 25.1 Å². The first-order valence-corrected chi connectivity index (χ1v) is 9.51. The zero-order chi connectivity index (χ0) is 21.0. The van der Waals surface area contributed by atoms with Gasteiger partial charge in [-0.15, -0.1) is 0 Å². The molecule has 2 aliphatic rings. The Morgan fingerprint density at radius 1 is 1.38 bits per heavy atom. The normalized spacial score (nSPS) is 21.9. The van der Waals surface area contributed by atoms with E-state index in [1.807, 2.05) is 0 Å². The van der Waals surface area contributed by atoms with Crippen LogP contribution in [-0.2, 0) is 6.42 Å². The Morgan fingerprint density at radius 3 is 2.76 bits per heavy atom. The van der Waals surface area contributed by atoms with Gasteiger partial charge in [-0.3, -0.25) is 9.78 Å². The van der Waals surface area contributed by atoms with Crippen molar-refractivity contribution in [3.63, 3.8) is 0 Å². The molecule has 10 heteroatoms. The third-order valence-electron chi connectivity index (χ3n) is 6.13. The van der Waals surface area contributed by atoms with Crippen LogP contribution in [0.5, 0.6) is 0 Å². The highest BCUT2D eigenvalue weighted by Crippen LogP contribution is 2.55. The number of nitrogens with zero attached hydrogens (tertiary/aromatic N) is 4. The van der Waals surface area contributed by atoms with E-state index in [9.17, 15) is 23.1 Å². The van der Waals surface area contributed by atoms with Gasteiger partial charge < -0.3 is 10.4 Å². The number of halogens is 3. The standard InChI is InChI=1S/C19H22F3N5O2/c1-18(2,19(20,21)22)13(9-28)25-17(29)15-11-4-3-10-7-12(10)16(11)27(26-15)14-8-23-5-6-24-14/h5-6,8,10,12-13,28H,3-4,7,9H2,1-2H3,(H,25,29)/t10-,12+,13-/m1/s1. The van der Waals surface area contributed by atoms with Gasteiger partial charge >= 0.3 is 6.18 Å². The maximum absolute atomic E-state index is 13.4. The molecule has 0 unspecified atom stereocenters. The molecule has 1 fully saturated rings. The second-order valence-corrected chi connectivity index (χ2v) is 8.26. The topological polar surface area (TPSA) is 92.9 Å². The highest BCUT2D eigenvalue weighted by molar-refractivity contribution is 5.94. The summed E-state index contributed by atoms with van der Waals surface area (Å²) in [4.78, 5) is 21.2. The van der Waals surface area contributed by atoms with E-state index in [-0.39, 0.29) is 11.6 Å². The molecular formula is C19H22F3N5O2. The quantitative estimate of drug-likeness (QED) is 0.791. The molecule has 2 aliphatic carbocycles. The maximum Gasteiger partial charge on any atom is 0.396 e. The van der Waals surface area contributed by atoms with Crippen LogP contribution in [0.25, 0.3) is 5.82 Å². The number of nitrogens with one attached hydrogen (secondary N) is 1. The molecule has 2 aromatic rings. The molecule has 0 spiro atoms. The summed E-state index contributed by atoms with van der Waals surface area (Å²) in [6, 6.07) is -1.50. The Balaban J connectivity index is 1.69. The van der Waals surface area contributed by atoms with Gasteiger partial charge in [0.15, 0.2) is 11.5 Å². The summed E-state index contributed by atoms with van der Waals surface area (Å²) in [5.41, 5.74) is -0.574. The van der Waals surface area contributed by atoms with E-state index in [1.165, 1.54) is 18.6 Å². The second-order valence-electron chi connectivity index (χ2n) is 8.26. The van der Waals surface area contributed by atoms with Gasteiger partial charge in [0, 0.05) is 23.9 Å². The molecule has 0 aromatic carbocycles. The summed E-state index contributed by atoms with van der Waals surface area (Å²) >= 11 is 0. The first-order chi connectivity index (χ1) is 13.6. The van der Waals surface area contributed by atoms with Gasteiger partial charge in [-0.05, 0) is 39.0 Å².